The lowest BCUT2D eigenvalue weighted by Gasteiger charge is -2.19. The lowest BCUT2D eigenvalue weighted by atomic mass is 10.1. The van der Waals surface area contributed by atoms with E-state index in [1.165, 1.54) is 12.1 Å². The molecule has 0 aliphatic heterocycles. The highest BCUT2D eigenvalue weighted by atomic mass is 16.7. The number of aryl methyl sites for hydroxylation is 1. The Bertz CT molecular complexity index is 864. The van der Waals surface area contributed by atoms with Crippen molar-refractivity contribution in [1.82, 2.24) is 5.32 Å². The lowest BCUT2D eigenvalue weighted by Crippen LogP contribution is -2.34. The summed E-state index contributed by atoms with van der Waals surface area (Å²) in [7, 11) is 0. The largest absolute Gasteiger partial charge is 0.513 e. The van der Waals surface area contributed by atoms with Crippen molar-refractivity contribution in [2.24, 2.45) is 0 Å². The van der Waals surface area contributed by atoms with E-state index < -0.39 is 23.5 Å². The van der Waals surface area contributed by atoms with Crippen molar-refractivity contribution in [2.45, 2.75) is 33.3 Å². The first-order valence-electron chi connectivity index (χ1n) is 8.00. The van der Waals surface area contributed by atoms with Crippen LogP contribution in [0.2, 0.25) is 0 Å². The van der Waals surface area contributed by atoms with Crippen molar-refractivity contribution in [2.75, 3.05) is 13.2 Å². The van der Waals surface area contributed by atoms with Gasteiger partial charge in [0.1, 0.15) is 23.5 Å². The van der Waals surface area contributed by atoms with Crippen LogP contribution in [0.1, 0.15) is 26.3 Å². The van der Waals surface area contributed by atoms with Gasteiger partial charge in [-0.05, 0) is 45.4 Å². The van der Waals surface area contributed by atoms with E-state index in [0.29, 0.717) is 5.58 Å². The molecule has 0 saturated heterocycles. The number of ether oxygens (including phenoxy) is 3. The molecule has 2 aromatic rings. The van der Waals surface area contributed by atoms with Crippen LogP contribution in [-0.2, 0) is 9.47 Å². The van der Waals surface area contributed by atoms with Crippen molar-refractivity contribution in [3.8, 4) is 5.75 Å². The van der Waals surface area contributed by atoms with E-state index in [1.807, 2.05) is 0 Å². The highest BCUT2D eigenvalue weighted by Crippen LogP contribution is 2.22. The number of carbonyl (C=O) groups is 2. The summed E-state index contributed by atoms with van der Waals surface area (Å²) in [5.74, 6) is 0.177. The molecule has 0 bridgehead atoms. The fraction of sp³-hybridized carbons (Fsp3) is 0.389. The number of rotatable bonds is 4. The third kappa shape index (κ3) is 5.80. The minimum atomic E-state index is -0.940. The summed E-state index contributed by atoms with van der Waals surface area (Å²) in [6.07, 6.45) is -1.54. The molecule has 0 aliphatic carbocycles. The van der Waals surface area contributed by atoms with Crippen LogP contribution in [0.5, 0.6) is 5.75 Å². The molecule has 1 N–H and O–H groups in total. The summed E-state index contributed by atoms with van der Waals surface area (Å²) in [5.41, 5.74) is -0.0127. The van der Waals surface area contributed by atoms with Crippen LogP contribution in [0.3, 0.4) is 0 Å². The number of alkyl carbamates (subject to hydrolysis) is 1. The zero-order valence-electron chi connectivity index (χ0n) is 15.1. The molecule has 0 radical (unpaired) electrons. The fourth-order valence-corrected chi connectivity index (χ4v) is 2.10. The Kier molecular flexibility index (Phi) is 5.86. The maximum atomic E-state index is 11.7. The van der Waals surface area contributed by atoms with Crippen LogP contribution in [0, 0.1) is 6.92 Å². The van der Waals surface area contributed by atoms with Gasteiger partial charge in [-0.25, -0.2) is 14.4 Å². The van der Waals surface area contributed by atoms with Gasteiger partial charge in [-0.3, -0.25) is 0 Å². The topological polar surface area (TPSA) is 104 Å². The predicted molar refractivity (Wildman–Crippen MR) is 93.4 cm³/mol. The Morgan fingerprint density at radius 3 is 2.62 bits per heavy atom. The average Bonchev–Trinajstić information content (AvgIpc) is 2.49. The van der Waals surface area contributed by atoms with Crippen LogP contribution in [-0.4, -0.2) is 31.0 Å². The number of benzene rings is 1. The minimum absolute atomic E-state index is 0.0792. The SMILES string of the molecule is Cc1cc(=O)oc2cc(OC(=O)OCCNC(=O)OC(C)(C)C)ccc12. The van der Waals surface area contributed by atoms with Gasteiger partial charge in [-0.1, -0.05) is 0 Å². The van der Waals surface area contributed by atoms with E-state index >= 15 is 0 Å². The van der Waals surface area contributed by atoms with Gasteiger partial charge in [0, 0.05) is 17.5 Å². The molecule has 1 aromatic carbocycles. The first-order chi connectivity index (χ1) is 12.1. The van der Waals surface area contributed by atoms with E-state index in [2.05, 4.69) is 5.32 Å². The van der Waals surface area contributed by atoms with Gasteiger partial charge in [0.05, 0.1) is 6.54 Å². The predicted octanol–water partition coefficient (Wildman–Crippen LogP) is 3.14. The van der Waals surface area contributed by atoms with Crippen molar-refractivity contribution in [3.63, 3.8) is 0 Å². The van der Waals surface area contributed by atoms with Crippen LogP contribution < -0.4 is 15.7 Å². The minimum Gasteiger partial charge on any atom is -0.444 e. The Balaban J connectivity index is 1.84. The first-order valence-corrected chi connectivity index (χ1v) is 8.00. The maximum Gasteiger partial charge on any atom is 0.513 e. The number of carbonyl (C=O) groups excluding carboxylic acids is 2. The van der Waals surface area contributed by atoms with E-state index in [1.54, 1.807) is 39.8 Å². The molecule has 0 spiro atoms. The molecule has 0 fully saturated rings. The van der Waals surface area contributed by atoms with Gasteiger partial charge in [0.25, 0.3) is 0 Å². The molecule has 0 aliphatic rings. The highest BCUT2D eigenvalue weighted by molar-refractivity contribution is 5.81. The maximum absolute atomic E-state index is 11.7. The number of nitrogens with one attached hydrogen (secondary N) is 1. The van der Waals surface area contributed by atoms with Crippen molar-refractivity contribution < 1.29 is 28.2 Å². The molecule has 8 heteroatoms. The first kappa shape index (κ1) is 19.3. The summed E-state index contributed by atoms with van der Waals surface area (Å²) in [4.78, 5) is 34.5. The van der Waals surface area contributed by atoms with Crippen LogP contribution in [0.25, 0.3) is 11.0 Å². The molecular formula is C18H21NO7. The van der Waals surface area contributed by atoms with Crippen LogP contribution in [0.4, 0.5) is 9.59 Å². The number of fused-ring (bicyclic) bond motifs is 1. The van der Waals surface area contributed by atoms with E-state index in [9.17, 15) is 14.4 Å². The average molecular weight is 363 g/mol. The van der Waals surface area contributed by atoms with E-state index in [0.717, 1.165) is 10.9 Å². The van der Waals surface area contributed by atoms with Crippen molar-refractivity contribution in [1.29, 1.82) is 0 Å². The van der Waals surface area contributed by atoms with Gasteiger partial charge < -0.3 is 23.9 Å². The molecule has 0 atom stereocenters. The van der Waals surface area contributed by atoms with Gasteiger partial charge in [-0.2, -0.15) is 0 Å². The molecule has 26 heavy (non-hydrogen) atoms. The van der Waals surface area contributed by atoms with Crippen molar-refractivity contribution in [3.05, 3.63) is 40.2 Å². The zero-order chi connectivity index (χ0) is 19.3. The van der Waals surface area contributed by atoms with E-state index in [-0.39, 0.29) is 18.9 Å². The van der Waals surface area contributed by atoms with Gasteiger partial charge >= 0.3 is 17.9 Å². The Labute approximate surface area is 150 Å². The van der Waals surface area contributed by atoms with Crippen LogP contribution >= 0.6 is 0 Å². The molecule has 1 heterocycles. The summed E-state index contributed by atoms with van der Waals surface area (Å²) in [5, 5.41) is 3.19. The summed E-state index contributed by atoms with van der Waals surface area (Å²) >= 11 is 0. The Hall–Kier alpha value is -3.03. The smallest absolute Gasteiger partial charge is 0.444 e. The second-order valence-electron chi connectivity index (χ2n) is 6.54. The lowest BCUT2D eigenvalue weighted by molar-refractivity contribution is 0.0499. The number of hydrogen-bond donors (Lipinski definition) is 1. The number of amides is 1. The zero-order valence-corrected chi connectivity index (χ0v) is 15.1. The second-order valence-corrected chi connectivity index (χ2v) is 6.54. The van der Waals surface area contributed by atoms with Gasteiger partial charge in [0.15, 0.2) is 0 Å². The molecule has 1 amide bonds. The number of hydrogen-bond acceptors (Lipinski definition) is 7. The molecule has 0 saturated carbocycles. The summed E-state index contributed by atoms with van der Waals surface area (Å²) < 4.78 is 20.0. The summed E-state index contributed by atoms with van der Waals surface area (Å²) in [6.45, 7) is 7.01. The fourth-order valence-electron chi connectivity index (χ4n) is 2.10. The molecule has 2 rings (SSSR count). The second kappa shape index (κ2) is 7.90. The molecule has 8 nitrogen and oxygen atoms in total. The normalized spacial score (nSPS) is 11.1. The molecule has 0 unspecified atom stereocenters. The third-order valence-corrected chi connectivity index (χ3v) is 3.11. The summed E-state index contributed by atoms with van der Waals surface area (Å²) in [6, 6.07) is 6.06. The molecule has 1 aromatic heterocycles. The van der Waals surface area contributed by atoms with Crippen molar-refractivity contribution >= 4 is 23.2 Å². The Morgan fingerprint density at radius 1 is 1.19 bits per heavy atom. The van der Waals surface area contributed by atoms with Crippen LogP contribution in [0.15, 0.2) is 33.5 Å². The monoisotopic (exact) mass is 363 g/mol. The quantitative estimate of drug-likeness (QED) is 0.385. The van der Waals surface area contributed by atoms with E-state index in [4.69, 9.17) is 18.6 Å². The van der Waals surface area contributed by atoms with Gasteiger partial charge in [-0.15, -0.1) is 0 Å². The molecule has 140 valence electrons. The molecular weight excluding hydrogens is 342 g/mol. The third-order valence-electron chi connectivity index (χ3n) is 3.11. The van der Waals surface area contributed by atoms with Gasteiger partial charge in [0.2, 0.25) is 0 Å². The Morgan fingerprint density at radius 2 is 1.92 bits per heavy atom. The standard InChI is InChI=1S/C18H21NO7/c1-11-9-15(20)25-14-10-12(5-6-13(11)14)24-17(22)23-8-7-19-16(21)26-18(2,3)4/h5-6,9-10H,7-8H2,1-4H3,(H,19,21). The highest BCUT2D eigenvalue weighted by Gasteiger charge is 2.16.